The number of carbonyl (C=O) groups excluding carboxylic acids is 3. The van der Waals surface area contributed by atoms with Crippen molar-refractivity contribution < 1.29 is 14.4 Å². The molecule has 1 fully saturated rings. The summed E-state index contributed by atoms with van der Waals surface area (Å²) in [5, 5.41) is 10.1. The molecule has 0 saturated heterocycles. The lowest BCUT2D eigenvalue weighted by atomic mass is 9.91. The van der Waals surface area contributed by atoms with Gasteiger partial charge in [-0.25, -0.2) is 0 Å². The highest BCUT2D eigenvalue weighted by molar-refractivity contribution is 6.03. The van der Waals surface area contributed by atoms with E-state index in [0.717, 1.165) is 25.0 Å². The Morgan fingerprint density at radius 3 is 2.69 bits per heavy atom. The predicted octanol–water partition coefficient (Wildman–Crippen LogP) is 0.265. The standard InChI is InChI=1S/C18H29N5O3/c1-18(2,16(19)25)17(26)20-11-12-4-5-14(10-12)21-15(24)7-6-13-8-9-23(3)22-13/h8-9,12,14H,4-7,10-11H2,1-3H3,(H2,19,25)(H,20,26)(H,21,24)/t12-,14+/m0/s1. The summed E-state index contributed by atoms with van der Waals surface area (Å²) in [5.41, 5.74) is 4.95. The number of primary amides is 1. The number of nitrogens with zero attached hydrogens (tertiary/aromatic N) is 2. The Morgan fingerprint density at radius 2 is 2.08 bits per heavy atom. The number of nitrogens with one attached hydrogen (secondary N) is 2. The smallest absolute Gasteiger partial charge is 0.235 e. The fourth-order valence-electron chi connectivity index (χ4n) is 3.10. The van der Waals surface area contributed by atoms with Gasteiger partial charge in [0.2, 0.25) is 17.7 Å². The van der Waals surface area contributed by atoms with E-state index in [1.165, 1.54) is 13.8 Å². The van der Waals surface area contributed by atoms with Gasteiger partial charge in [-0.3, -0.25) is 19.1 Å². The first-order valence-corrected chi connectivity index (χ1v) is 9.04. The third kappa shape index (κ3) is 5.31. The average Bonchev–Trinajstić information content (AvgIpc) is 3.19. The Labute approximate surface area is 153 Å². The highest BCUT2D eigenvalue weighted by Crippen LogP contribution is 2.25. The maximum atomic E-state index is 12.1. The van der Waals surface area contributed by atoms with E-state index in [9.17, 15) is 14.4 Å². The third-order valence-electron chi connectivity index (χ3n) is 5.02. The molecular weight excluding hydrogens is 334 g/mol. The molecule has 1 heterocycles. The van der Waals surface area contributed by atoms with Crippen LogP contribution in [0.25, 0.3) is 0 Å². The largest absolute Gasteiger partial charge is 0.369 e. The molecule has 144 valence electrons. The molecule has 3 amide bonds. The van der Waals surface area contributed by atoms with Crippen LogP contribution >= 0.6 is 0 Å². The van der Waals surface area contributed by atoms with E-state index in [0.29, 0.717) is 25.3 Å². The molecule has 8 nitrogen and oxygen atoms in total. The van der Waals surface area contributed by atoms with Gasteiger partial charge in [-0.2, -0.15) is 5.10 Å². The number of nitrogens with two attached hydrogens (primary N) is 1. The van der Waals surface area contributed by atoms with Crippen molar-refractivity contribution in [2.24, 2.45) is 24.1 Å². The van der Waals surface area contributed by atoms with E-state index in [4.69, 9.17) is 5.73 Å². The monoisotopic (exact) mass is 363 g/mol. The second-order valence-electron chi connectivity index (χ2n) is 7.62. The van der Waals surface area contributed by atoms with Gasteiger partial charge >= 0.3 is 0 Å². The molecule has 1 aromatic rings. The number of amides is 3. The van der Waals surface area contributed by atoms with Gasteiger partial charge in [0, 0.05) is 38.7 Å². The minimum absolute atomic E-state index is 0.0280. The van der Waals surface area contributed by atoms with E-state index < -0.39 is 11.3 Å². The van der Waals surface area contributed by atoms with Crippen molar-refractivity contribution in [3.63, 3.8) is 0 Å². The first-order valence-electron chi connectivity index (χ1n) is 9.04. The lowest BCUT2D eigenvalue weighted by Crippen LogP contribution is -2.46. The van der Waals surface area contributed by atoms with Gasteiger partial charge in [-0.15, -0.1) is 0 Å². The summed E-state index contributed by atoms with van der Waals surface area (Å²) < 4.78 is 1.72. The van der Waals surface area contributed by atoms with Crippen LogP contribution in [0.15, 0.2) is 12.3 Å². The zero-order valence-electron chi connectivity index (χ0n) is 15.7. The lowest BCUT2D eigenvalue weighted by molar-refractivity contribution is -0.139. The zero-order chi connectivity index (χ0) is 19.3. The molecule has 0 bridgehead atoms. The van der Waals surface area contributed by atoms with Gasteiger partial charge in [0.05, 0.1) is 5.69 Å². The molecule has 4 N–H and O–H groups in total. The zero-order valence-corrected chi connectivity index (χ0v) is 15.7. The highest BCUT2D eigenvalue weighted by atomic mass is 16.2. The molecule has 8 heteroatoms. The molecule has 1 aliphatic carbocycles. The highest BCUT2D eigenvalue weighted by Gasteiger charge is 2.35. The minimum atomic E-state index is -1.21. The van der Waals surface area contributed by atoms with Gasteiger partial charge in [-0.05, 0) is 45.1 Å². The van der Waals surface area contributed by atoms with E-state index in [1.807, 2.05) is 19.3 Å². The van der Waals surface area contributed by atoms with Crippen LogP contribution in [0.3, 0.4) is 0 Å². The van der Waals surface area contributed by atoms with Crippen molar-refractivity contribution in [3.05, 3.63) is 18.0 Å². The summed E-state index contributed by atoms with van der Waals surface area (Å²) in [6.45, 7) is 3.53. The molecule has 0 unspecified atom stereocenters. The van der Waals surface area contributed by atoms with E-state index in [2.05, 4.69) is 15.7 Å². The Hall–Kier alpha value is -2.38. The summed E-state index contributed by atoms with van der Waals surface area (Å²) in [6, 6.07) is 2.05. The molecule has 1 aliphatic rings. The van der Waals surface area contributed by atoms with Gasteiger partial charge in [-0.1, -0.05) is 0 Å². The summed E-state index contributed by atoms with van der Waals surface area (Å²) >= 11 is 0. The maximum absolute atomic E-state index is 12.1. The third-order valence-corrected chi connectivity index (χ3v) is 5.02. The van der Waals surface area contributed by atoms with E-state index in [1.54, 1.807) is 4.68 Å². The van der Waals surface area contributed by atoms with Gasteiger partial charge in [0.15, 0.2) is 0 Å². The summed E-state index contributed by atoms with van der Waals surface area (Å²) in [6.07, 6.45) is 5.57. The van der Waals surface area contributed by atoms with Crippen molar-refractivity contribution >= 4 is 17.7 Å². The van der Waals surface area contributed by atoms with Crippen molar-refractivity contribution in [1.29, 1.82) is 0 Å². The van der Waals surface area contributed by atoms with Crippen LogP contribution in [-0.4, -0.2) is 40.1 Å². The van der Waals surface area contributed by atoms with Crippen LogP contribution in [0.5, 0.6) is 0 Å². The molecule has 0 aliphatic heterocycles. The molecule has 0 spiro atoms. The summed E-state index contributed by atoms with van der Waals surface area (Å²) in [7, 11) is 1.85. The number of aryl methyl sites for hydroxylation is 2. The van der Waals surface area contributed by atoms with Crippen LogP contribution in [-0.2, 0) is 27.9 Å². The number of aromatic nitrogens is 2. The van der Waals surface area contributed by atoms with Crippen LogP contribution in [0.2, 0.25) is 0 Å². The molecule has 0 radical (unpaired) electrons. The second kappa shape index (κ2) is 8.33. The van der Waals surface area contributed by atoms with Crippen LogP contribution < -0.4 is 16.4 Å². The van der Waals surface area contributed by atoms with Crippen LogP contribution in [0.1, 0.15) is 45.2 Å². The first-order chi connectivity index (χ1) is 12.2. The number of carbonyl (C=O) groups is 3. The fourth-order valence-corrected chi connectivity index (χ4v) is 3.10. The first kappa shape index (κ1) is 19.9. The van der Waals surface area contributed by atoms with Crippen molar-refractivity contribution in [3.8, 4) is 0 Å². The number of hydrogen-bond donors (Lipinski definition) is 3. The maximum Gasteiger partial charge on any atom is 0.235 e. The summed E-state index contributed by atoms with van der Waals surface area (Å²) in [4.78, 5) is 35.5. The Kier molecular flexibility index (Phi) is 6.39. The number of hydrogen-bond acceptors (Lipinski definition) is 4. The van der Waals surface area contributed by atoms with Gasteiger partial charge in [0.25, 0.3) is 0 Å². The molecular formula is C18H29N5O3. The fraction of sp³-hybridized carbons (Fsp3) is 0.667. The van der Waals surface area contributed by atoms with Gasteiger partial charge < -0.3 is 16.4 Å². The predicted molar refractivity (Wildman–Crippen MR) is 96.8 cm³/mol. The van der Waals surface area contributed by atoms with Crippen molar-refractivity contribution in [2.75, 3.05) is 6.54 Å². The quantitative estimate of drug-likeness (QED) is 0.574. The second-order valence-corrected chi connectivity index (χ2v) is 7.62. The molecule has 1 aromatic heterocycles. The average molecular weight is 363 g/mol. The van der Waals surface area contributed by atoms with Crippen molar-refractivity contribution in [1.82, 2.24) is 20.4 Å². The lowest BCUT2D eigenvalue weighted by Gasteiger charge is -2.21. The Balaban J connectivity index is 1.68. The molecule has 26 heavy (non-hydrogen) atoms. The van der Waals surface area contributed by atoms with E-state index in [-0.39, 0.29) is 17.9 Å². The van der Waals surface area contributed by atoms with Crippen LogP contribution in [0, 0.1) is 11.3 Å². The molecule has 0 aromatic carbocycles. The minimum Gasteiger partial charge on any atom is -0.369 e. The van der Waals surface area contributed by atoms with Crippen molar-refractivity contribution in [2.45, 2.75) is 52.0 Å². The summed E-state index contributed by atoms with van der Waals surface area (Å²) in [5.74, 6) is -0.670. The topological polar surface area (TPSA) is 119 Å². The Morgan fingerprint density at radius 1 is 1.35 bits per heavy atom. The normalized spacial score (nSPS) is 20.0. The molecule has 1 saturated carbocycles. The number of rotatable bonds is 8. The Bertz CT molecular complexity index is 668. The van der Waals surface area contributed by atoms with Gasteiger partial charge in [0.1, 0.15) is 5.41 Å². The SMILES string of the molecule is Cn1ccc(CCC(=O)N[C@@H]2CC[C@H](CNC(=O)C(C)(C)C(N)=O)C2)n1. The molecule has 2 rings (SSSR count). The van der Waals surface area contributed by atoms with Crippen LogP contribution in [0.4, 0.5) is 0 Å². The molecule has 2 atom stereocenters. The van der Waals surface area contributed by atoms with E-state index >= 15 is 0 Å².